The number of imide groups is 1. The van der Waals surface area contributed by atoms with Crippen molar-refractivity contribution in [2.24, 2.45) is 0 Å². The fourth-order valence-electron chi connectivity index (χ4n) is 2.10. The number of fused-ring (bicyclic) bond motifs is 1. The highest BCUT2D eigenvalue weighted by Crippen LogP contribution is 2.25. The molecule has 1 aromatic carbocycles. The fourth-order valence-corrected chi connectivity index (χ4v) is 2.25. The molecule has 3 rings (SSSR count). The molecule has 0 saturated heterocycles. The van der Waals surface area contributed by atoms with Crippen LogP contribution in [0, 0.1) is 0 Å². The van der Waals surface area contributed by atoms with Crippen molar-refractivity contribution in [3.8, 4) is 0 Å². The van der Waals surface area contributed by atoms with Gasteiger partial charge in [-0.15, -0.1) is 10.2 Å². The zero-order valence-electron chi connectivity index (χ0n) is 10.2. The van der Waals surface area contributed by atoms with Crippen LogP contribution >= 0.6 is 11.6 Å². The summed E-state index contributed by atoms with van der Waals surface area (Å²) in [5.41, 5.74) is 6.80. The zero-order chi connectivity index (χ0) is 14.3. The summed E-state index contributed by atoms with van der Waals surface area (Å²) in [5.74, 6) is -0.518. The maximum Gasteiger partial charge on any atom is 0.261 e. The second-order valence-electron chi connectivity index (χ2n) is 4.33. The summed E-state index contributed by atoms with van der Waals surface area (Å²) in [4.78, 5) is 25.5. The summed E-state index contributed by atoms with van der Waals surface area (Å²) in [6, 6.07) is 8.17. The van der Waals surface area contributed by atoms with Gasteiger partial charge in [0.15, 0.2) is 5.15 Å². The predicted molar refractivity (Wildman–Crippen MR) is 72.1 cm³/mol. The summed E-state index contributed by atoms with van der Waals surface area (Å²) in [7, 11) is 0. The Labute approximate surface area is 119 Å². The van der Waals surface area contributed by atoms with Gasteiger partial charge < -0.3 is 5.73 Å². The number of nitrogens with two attached hydrogens (primary N) is 1. The van der Waals surface area contributed by atoms with Crippen molar-refractivity contribution < 1.29 is 9.59 Å². The molecule has 1 aliphatic heterocycles. The number of nitrogens with zero attached hydrogens (tertiary/aromatic N) is 3. The zero-order valence-corrected chi connectivity index (χ0v) is 11.0. The second kappa shape index (κ2) is 4.57. The molecule has 2 amide bonds. The molecule has 2 N–H and O–H groups in total. The van der Waals surface area contributed by atoms with Crippen LogP contribution in [0.3, 0.4) is 0 Å². The molecule has 0 aliphatic carbocycles. The third-order valence-corrected chi connectivity index (χ3v) is 3.37. The molecule has 2 heterocycles. The maximum atomic E-state index is 12.2. The van der Waals surface area contributed by atoms with Crippen LogP contribution in [-0.4, -0.2) is 26.9 Å². The van der Waals surface area contributed by atoms with E-state index >= 15 is 0 Å². The standard InChI is InChI=1S/C13H9ClN4O2/c14-11-7(5-10(15)16-17-11)6-18-12(19)8-3-1-2-4-9(8)13(18)20/h1-5H,6H2,(H2,15,16). The molecule has 7 heteroatoms. The Bertz CT molecular complexity index is 697. The van der Waals surface area contributed by atoms with Crippen LogP contribution in [0.5, 0.6) is 0 Å². The van der Waals surface area contributed by atoms with E-state index in [4.69, 9.17) is 17.3 Å². The van der Waals surface area contributed by atoms with Gasteiger partial charge in [0, 0.05) is 5.56 Å². The summed E-state index contributed by atoms with van der Waals surface area (Å²) >= 11 is 5.90. The van der Waals surface area contributed by atoms with Gasteiger partial charge >= 0.3 is 0 Å². The van der Waals surface area contributed by atoms with Crippen LogP contribution in [0.4, 0.5) is 5.82 Å². The van der Waals surface area contributed by atoms with E-state index < -0.39 is 0 Å². The average molecular weight is 289 g/mol. The highest BCUT2D eigenvalue weighted by Gasteiger charge is 2.35. The molecular weight excluding hydrogens is 280 g/mol. The van der Waals surface area contributed by atoms with E-state index in [-0.39, 0.29) is 29.3 Å². The van der Waals surface area contributed by atoms with Crippen molar-refractivity contribution >= 4 is 29.2 Å². The number of rotatable bonds is 2. The van der Waals surface area contributed by atoms with Gasteiger partial charge in [-0.25, -0.2) is 0 Å². The van der Waals surface area contributed by atoms with Gasteiger partial charge in [-0.2, -0.15) is 0 Å². The third kappa shape index (κ3) is 1.90. The van der Waals surface area contributed by atoms with Crippen molar-refractivity contribution in [1.29, 1.82) is 0 Å². The minimum atomic E-state index is -0.350. The van der Waals surface area contributed by atoms with Crippen LogP contribution in [0.25, 0.3) is 0 Å². The Kier molecular flexibility index (Phi) is 2.87. The van der Waals surface area contributed by atoms with Gasteiger partial charge in [0.2, 0.25) is 0 Å². The highest BCUT2D eigenvalue weighted by atomic mass is 35.5. The molecule has 1 aromatic heterocycles. The monoisotopic (exact) mass is 288 g/mol. The molecule has 20 heavy (non-hydrogen) atoms. The number of carbonyl (C=O) groups excluding carboxylic acids is 2. The quantitative estimate of drug-likeness (QED) is 0.846. The number of nitrogen functional groups attached to an aromatic ring is 1. The Balaban J connectivity index is 1.96. The second-order valence-corrected chi connectivity index (χ2v) is 4.69. The summed E-state index contributed by atoms with van der Waals surface area (Å²) in [5, 5.41) is 7.38. The topological polar surface area (TPSA) is 89.2 Å². The molecule has 0 spiro atoms. The predicted octanol–water partition coefficient (Wildman–Crippen LogP) is 1.51. The first kappa shape index (κ1) is 12.6. The van der Waals surface area contributed by atoms with Crippen molar-refractivity contribution in [3.05, 3.63) is 52.2 Å². The van der Waals surface area contributed by atoms with E-state index in [1.54, 1.807) is 24.3 Å². The number of hydrogen-bond acceptors (Lipinski definition) is 5. The van der Waals surface area contributed by atoms with E-state index in [1.807, 2.05) is 0 Å². The molecule has 1 aliphatic rings. The molecular formula is C13H9ClN4O2. The molecule has 100 valence electrons. The molecule has 0 unspecified atom stereocenters. The number of aromatic nitrogens is 2. The summed E-state index contributed by atoms with van der Waals surface area (Å²) in [6.45, 7) is 0.0188. The molecule has 6 nitrogen and oxygen atoms in total. The first-order valence-electron chi connectivity index (χ1n) is 5.80. The van der Waals surface area contributed by atoms with Crippen LogP contribution in [0.15, 0.2) is 30.3 Å². The van der Waals surface area contributed by atoms with E-state index in [0.29, 0.717) is 16.7 Å². The Morgan fingerprint density at radius 2 is 1.70 bits per heavy atom. The van der Waals surface area contributed by atoms with Crippen LogP contribution in [0.1, 0.15) is 26.3 Å². The number of carbonyl (C=O) groups is 2. The molecule has 0 saturated carbocycles. The largest absolute Gasteiger partial charge is 0.382 e. The molecule has 0 bridgehead atoms. The number of halogens is 1. The summed E-state index contributed by atoms with van der Waals surface area (Å²) in [6.07, 6.45) is 0. The lowest BCUT2D eigenvalue weighted by Gasteiger charge is -2.14. The Hall–Kier alpha value is -2.47. The Morgan fingerprint density at radius 1 is 1.10 bits per heavy atom. The average Bonchev–Trinajstić information content (AvgIpc) is 2.68. The lowest BCUT2D eigenvalue weighted by molar-refractivity contribution is 0.0642. The smallest absolute Gasteiger partial charge is 0.261 e. The first-order valence-corrected chi connectivity index (χ1v) is 6.18. The van der Waals surface area contributed by atoms with Crippen LogP contribution in [0.2, 0.25) is 5.15 Å². The third-order valence-electron chi connectivity index (χ3n) is 3.05. The van der Waals surface area contributed by atoms with E-state index in [2.05, 4.69) is 10.2 Å². The number of benzene rings is 1. The van der Waals surface area contributed by atoms with Crippen molar-refractivity contribution in [2.75, 3.05) is 5.73 Å². The lowest BCUT2D eigenvalue weighted by atomic mass is 10.1. The maximum absolute atomic E-state index is 12.2. The first-order chi connectivity index (χ1) is 9.58. The van der Waals surface area contributed by atoms with Gasteiger partial charge in [-0.1, -0.05) is 23.7 Å². The van der Waals surface area contributed by atoms with Crippen molar-refractivity contribution in [1.82, 2.24) is 15.1 Å². The van der Waals surface area contributed by atoms with Crippen molar-refractivity contribution in [2.45, 2.75) is 6.54 Å². The fraction of sp³-hybridized carbons (Fsp3) is 0.0769. The van der Waals surface area contributed by atoms with Gasteiger partial charge in [0.1, 0.15) is 5.82 Å². The van der Waals surface area contributed by atoms with E-state index in [9.17, 15) is 9.59 Å². The number of anilines is 1. The van der Waals surface area contributed by atoms with Gasteiger partial charge in [-0.05, 0) is 18.2 Å². The molecule has 0 atom stereocenters. The van der Waals surface area contributed by atoms with Gasteiger partial charge in [-0.3, -0.25) is 14.5 Å². The molecule has 0 radical (unpaired) electrons. The summed E-state index contributed by atoms with van der Waals surface area (Å²) < 4.78 is 0. The minimum Gasteiger partial charge on any atom is -0.382 e. The highest BCUT2D eigenvalue weighted by molar-refractivity contribution is 6.30. The minimum absolute atomic E-state index is 0.0188. The lowest BCUT2D eigenvalue weighted by Crippen LogP contribution is -2.29. The van der Waals surface area contributed by atoms with Crippen molar-refractivity contribution in [3.63, 3.8) is 0 Å². The van der Waals surface area contributed by atoms with E-state index in [1.165, 1.54) is 6.07 Å². The normalized spacial score (nSPS) is 13.8. The van der Waals surface area contributed by atoms with Gasteiger partial charge in [0.05, 0.1) is 17.7 Å². The van der Waals surface area contributed by atoms with Crippen LogP contribution < -0.4 is 5.73 Å². The number of hydrogen-bond donors (Lipinski definition) is 1. The van der Waals surface area contributed by atoms with E-state index in [0.717, 1.165) is 4.90 Å². The molecule has 2 aromatic rings. The number of amides is 2. The SMILES string of the molecule is Nc1cc(CN2C(=O)c3ccccc3C2=O)c(Cl)nn1. The van der Waals surface area contributed by atoms with Crippen LogP contribution in [-0.2, 0) is 6.54 Å². The van der Waals surface area contributed by atoms with Gasteiger partial charge in [0.25, 0.3) is 11.8 Å². The Morgan fingerprint density at radius 3 is 2.30 bits per heavy atom. The molecule has 0 fully saturated rings.